The van der Waals surface area contributed by atoms with Crippen molar-refractivity contribution in [1.82, 2.24) is 10.1 Å². The molecule has 0 saturated heterocycles. The van der Waals surface area contributed by atoms with Crippen LogP contribution in [0.15, 0.2) is 35.2 Å². The van der Waals surface area contributed by atoms with E-state index in [0.29, 0.717) is 11.5 Å². The maximum Gasteiger partial charge on any atom is 0.242 e. The van der Waals surface area contributed by atoms with Crippen LogP contribution in [0.3, 0.4) is 0 Å². The Morgan fingerprint density at radius 3 is 3.00 bits per heavy atom. The molecule has 1 atom stereocenters. The average Bonchev–Trinajstić information content (AvgIpc) is 2.82. The van der Waals surface area contributed by atoms with Crippen LogP contribution in [0.25, 0.3) is 11.4 Å². The third-order valence-electron chi connectivity index (χ3n) is 2.11. The van der Waals surface area contributed by atoms with E-state index in [0.717, 1.165) is 5.56 Å². The first-order valence-electron chi connectivity index (χ1n) is 4.98. The van der Waals surface area contributed by atoms with Crippen molar-refractivity contribution >= 4 is 23.2 Å². The summed E-state index contributed by atoms with van der Waals surface area (Å²) in [5, 5.41) is 5.82. The van der Waals surface area contributed by atoms with Crippen molar-refractivity contribution in [2.75, 3.05) is 5.32 Å². The number of nitrogens with one attached hydrogen (secondary N) is 1. The molecule has 1 heterocycles. The van der Waals surface area contributed by atoms with E-state index in [-0.39, 0.29) is 5.91 Å². The van der Waals surface area contributed by atoms with Crippen LogP contribution < -0.4 is 5.32 Å². The van der Waals surface area contributed by atoms with Gasteiger partial charge in [0.25, 0.3) is 0 Å². The Bertz CT molecular complexity index is 511. The molecule has 1 aromatic carbocycles. The third kappa shape index (κ3) is 2.82. The van der Waals surface area contributed by atoms with Gasteiger partial charge in [-0.1, -0.05) is 17.3 Å². The Labute approximate surface area is 103 Å². The van der Waals surface area contributed by atoms with Gasteiger partial charge in [-0.2, -0.15) is 4.98 Å². The number of amides is 1. The molecule has 17 heavy (non-hydrogen) atoms. The van der Waals surface area contributed by atoms with E-state index in [1.54, 1.807) is 25.1 Å². The number of hydrogen-bond donors (Lipinski definition) is 1. The first kappa shape index (κ1) is 11.6. The van der Waals surface area contributed by atoms with Gasteiger partial charge in [-0.3, -0.25) is 4.79 Å². The minimum absolute atomic E-state index is 0.253. The van der Waals surface area contributed by atoms with Crippen LogP contribution in [0.2, 0.25) is 0 Å². The Balaban J connectivity index is 2.20. The lowest BCUT2D eigenvalue weighted by Gasteiger charge is -2.06. The molecule has 0 radical (unpaired) electrons. The zero-order valence-corrected chi connectivity index (χ0v) is 9.81. The highest BCUT2D eigenvalue weighted by molar-refractivity contribution is 6.32. The number of nitrogens with zero attached hydrogens (tertiary/aromatic N) is 2. The topological polar surface area (TPSA) is 68.0 Å². The molecule has 0 fully saturated rings. The van der Waals surface area contributed by atoms with E-state index in [2.05, 4.69) is 20.0 Å². The van der Waals surface area contributed by atoms with E-state index >= 15 is 0 Å². The number of carbonyl (C=O) groups is 1. The molecule has 0 saturated carbocycles. The fourth-order valence-electron chi connectivity index (χ4n) is 1.28. The van der Waals surface area contributed by atoms with Crippen molar-refractivity contribution in [3.63, 3.8) is 0 Å². The fourth-order valence-corrected chi connectivity index (χ4v) is 1.33. The largest absolute Gasteiger partial charge is 0.342 e. The van der Waals surface area contributed by atoms with Crippen LogP contribution in [0.5, 0.6) is 0 Å². The van der Waals surface area contributed by atoms with Gasteiger partial charge in [-0.15, -0.1) is 11.6 Å². The van der Waals surface area contributed by atoms with Gasteiger partial charge >= 0.3 is 0 Å². The highest BCUT2D eigenvalue weighted by Crippen LogP contribution is 2.19. The predicted octanol–water partition coefficient (Wildman–Crippen LogP) is 2.30. The van der Waals surface area contributed by atoms with Crippen LogP contribution in [-0.4, -0.2) is 21.4 Å². The monoisotopic (exact) mass is 251 g/mol. The summed E-state index contributed by atoms with van der Waals surface area (Å²) in [6.07, 6.45) is 1.25. The summed E-state index contributed by atoms with van der Waals surface area (Å²) in [6, 6.07) is 7.13. The number of anilines is 1. The van der Waals surface area contributed by atoms with E-state index in [9.17, 15) is 4.79 Å². The average molecular weight is 252 g/mol. The molecule has 0 aliphatic carbocycles. The van der Waals surface area contributed by atoms with E-state index in [1.165, 1.54) is 6.39 Å². The molecule has 2 rings (SSSR count). The lowest BCUT2D eigenvalue weighted by atomic mass is 10.2. The Morgan fingerprint density at radius 1 is 1.53 bits per heavy atom. The smallest absolute Gasteiger partial charge is 0.242 e. The predicted molar refractivity (Wildman–Crippen MR) is 63.7 cm³/mol. The van der Waals surface area contributed by atoms with Gasteiger partial charge in [0.1, 0.15) is 5.38 Å². The van der Waals surface area contributed by atoms with Crippen molar-refractivity contribution in [3.8, 4) is 11.4 Å². The summed E-state index contributed by atoms with van der Waals surface area (Å²) in [6.45, 7) is 1.61. The van der Waals surface area contributed by atoms with Gasteiger partial charge in [0.15, 0.2) is 0 Å². The van der Waals surface area contributed by atoms with Crippen LogP contribution in [0.1, 0.15) is 6.92 Å². The molecule has 1 N–H and O–H groups in total. The van der Waals surface area contributed by atoms with Crippen LogP contribution >= 0.6 is 11.6 Å². The fraction of sp³-hybridized carbons (Fsp3) is 0.182. The Hall–Kier alpha value is -1.88. The van der Waals surface area contributed by atoms with Gasteiger partial charge in [-0.25, -0.2) is 0 Å². The Kier molecular flexibility index (Phi) is 3.39. The zero-order valence-electron chi connectivity index (χ0n) is 9.05. The lowest BCUT2D eigenvalue weighted by Crippen LogP contribution is -2.20. The summed E-state index contributed by atoms with van der Waals surface area (Å²) >= 11 is 5.67. The normalized spacial score (nSPS) is 12.1. The number of hydrogen-bond acceptors (Lipinski definition) is 4. The molecule has 1 unspecified atom stereocenters. The zero-order chi connectivity index (χ0) is 12.3. The standard InChI is InChI=1S/C11H10ClN3O2/c1-7(12)11(16)14-9-4-2-3-8(5-9)10-13-6-17-15-10/h2-7H,1H3,(H,14,16). The molecule has 0 aliphatic heterocycles. The molecule has 2 aromatic rings. The highest BCUT2D eigenvalue weighted by Gasteiger charge is 2.10. The van der Waals surface area contributed by atoms with E-state index in [4.69, 9.17) is 11.6 Å². The van der Waals surface area contributed by atoms with Crippen LogP contribution in [0.4, 0.5) is 5.69 Å². The second kappa shape index (κ2) is 4.97. The number of alkyl halides is 1. The molecule has 0 aliphatic rings. The third-order valence-corrected chi connectivity index (χ3v) is 2.31. The quantitative estimate of drug-likeness (QED) is 0.850. The molecular formula is C11H10ClN3O2. The van der Waals surface area contributed by atoms with Gasteiger partial charge in [0, 0.05) is 11.3 Å². The van der Waals surface area contributed by atoms with Crippen LogP contribution in [-0.2, 0) is 4.79 Å². The molecule has 1 amide bonds. The molecular weight excluding hydrogens is 242 g/mol. The molecule has 6 heteroatoms. The maximum absolute atomic E-state index is 11.4. The molecule has 5 nitrogen and oxygen atoms in total. The number of rotatable bonds is 3. The summed E-state index contributed by atoms with van der Waals surface area (Å²) in [5.41, 5.74) is 1.41. The summed E-state index contributed by atoms with van der Waals surface area (Å²) in [4.78, 5) is 15.3. The SMILES string of the molecule is CC(Cl)C(=O)Nc1cccc(-c2ncon2)c1. The maximum atomic E-state index is 11.4. The second-order valence-corrected chi connectivity index (χ2v) is 4.10. The lowest BCUT2D eigenvalue weighted by molar-refractivity contribution is -0.115. The summed E-state index contributed by atoms with van der Waals surface area (Å²) in [7, 11) is 0. The Morgan fingerprint density at radius 2 is 2.35 bits per heavy atom. The van der Waals surface area contributed by atoms with Gasteiger partial charge in [0.2, 0.25) is 18.1 Å². The minimum atomic E-state index is -0.580. The first-order chi connectivity index (χ1) is 8.16. The highest BCUT2D eigenvalue weighted by atomic mass is 35.5. The second-order valence-electron chi connectivity index (χ2n) is 3.44. The van der Waals surface area contributed by atoms with Crippen molar-refractivity contribution in [2.24, 2.45) is 0 Å². The van der Waals surface area contributed by atoms with E-state index < -0.39 is 5.38 Å². The van der Waals surface area contributed by atoms with Crippen molar-refractivity contribution in [1.29, 1.82) is 0 Å². The molecule has 88 valence electrons. The number of carbonyl (C=O) groups excluding carboxylic acids is 1. The first-order valence-corrected chi connectivity index (χ1v) is 5.42. The van der Waals surface area contributed by atoms with Crippen molar-refractivity contribution in [2.45, 2.75) is 12.3 Å². The minimum Gasteiger partial charge on any atom is -0.342 e. The van der Waals surface area contributed by atoms with Crippen LogP contribution in [0, 0.1) is 0 Å². The van der Waals surface area contributed by atoms with Crippen molar-refractivity contribution < 1.29 is 9.32 Å². The van der Waals surface area contributed by atoms with E-state index in [1.807, 2.05) is 6.07 Å². The molecule has 0 bridgehead atoms. The van der Waals surface area contributed by atoms with Crippen molar-refractivity contribution in [3.05, 3.63) is 30.7 Å². The molecule has 0 spiro atoms. The van der Waals surface area contributed by atoms with Gasteiger partial charge < -0.3 is 9.84 Å². The van der Waals surface area contributed by atoms with Gasteiger partial charge in [-0.05, 0) is 19.1 Å². The summed E-state index contributed by atoms with van der Waals surface area (Å²) < 4.78 is 4.66. The number of benzene rings is 1. The summed E-state index contributed by atoms with van der Waals surface area (Å²) in [5.74, 6) is 0.219. The number of halogens is 1. The molecule has 1 aromatic heterocycles. The number of aromatic nitrogens is 2. The van der Waals surface area contributed by atoms with Gasteiger partial charge in [0.05, 0.1) is 0 Å².